The summed E-state index contributed by atoms with van der Waals surface area (Å²) in [5.74, 6) is 0.655. The van der Waals surface area contributed by atoms with Crippen molar-refractivity contribution >= 4 is 5.96 Å². The van der Waals surface area contributed by atoms with Crippen molar-refractivity contribution in [2.75, 3.05) is 13.1 Å². The van der Waals surface area contributed by atoms with Gasteiger partial charge >= 0.3 is 0 Å². The molecule has 1 saturated heterocycles. The van der Waals surface area contributed by atoms with Crippen molar-refractivity contribution in [3.8, 4) is 11.3 Å². The van der Waals surface area contributed by atoms with Gasteiger partial charge in [0, 0.05) is 37.5 Å². The fourth-order valence-corrected chi connectivity index (χ4v) is 2.88. The largest absolute Gasteiger partial charge is 0.370 e. The lowest BCUT2D eigenvalue weighted by atomic mass is 10.1. The topological polar surface area (TPSA) is 59.4 Å². The molecule has 0 unspecified atom stereocenters. The molecule has 1 fully saturated rings. The Labute approximate surface area is 131 Å². The highest BCUT2D eigenvalue weighted by molar-refractivity contribution is 5.78. The number of nitrogens with two attached hydrogens (primary N) is 1. The van der Waals surface area contributed by atoms with Gasteiger partial charge in [-0.25, -0.2) is 4.99 Å². The van der Waals surface area contributed by atoms with Gasteiger partial charge in [0.05, 0.1) is 12.2 Å². The molecule has 5 heteroatoms. The van der Waals surface area contributed by atoms with E-state index >= 15 is 0 Å². The van der Waals surface area contributed by atoms with Crippen molar-refractivity contribution in [1.29, 1.82) is 0 Å². The Balaban J connectivity index is 1.78. The van der Waals surface area contributed by atoms with Gasteiger partial charge in [0.2, 0.25) is 0 Å². The first-order valence-corrected chi connectivity index (χ1v) is 7.87. The number of aromatic nitrogens is 2. The van der Waals surface area contributed by atoms with Gasteiger partial charge < -0.3 is 10.6 Å². The van der Waals surface area contributed by atoms with Crippen LogP contribution in [-0.4, -0.2) is 33.7 Å². The lowest BCUT2D eigenvalue weighted by molar-refractivity contribution is 0.338. The molecule has 22 heavy (non-hydrogen) atoms. The Hall–Kier alpha value is -2.30. The molecular weight excluding hydrogens is 274 g/mol. The predicted octanol–water partition coefficient (Wildman–Crippen LogP) is 2.39. The van der Waals surface area contributed by atoms with Crippen LogP contribution in [0.15, 0.2) is 41.5 Å². The molecule has 1 aliphatic rings. The predicted molar refractivity (Wildman–Crippen MR) is 89.4 cm³/mol. The van der Waals surface area contributed by atoms with Gasteiger partial charge in [-0.15, -0.1) is 0 Å². The van der Waals surface area contributed by atoms with Crippen LogP contribution in [0.2, 0.25) is 0 Å². The van der Waals surface area contributed by atoms with E-state index in [0.717, 1.165) is 29.9 Å². The van der Waals surface area contributed by atoms with Crippen molar-refractivity contribution in [2.24, 2.45) is 17.8 Å². The van der Waals surface area contributed by atoms with Crippen molar-refractivity contribution in [2.45, 2.75) is 25.8 Å². The van der Waals surface area contributed by atoms with E-state index in [-0.39, 0.29) is 0 Å². The zero-order valence-electron chi connectivity index (χ0n) is 13.1. The SMILES string of the molecule is Cn1cc(CN=C(N)N2CCCCC2)c(-c2ccccc2)n1. The molecule has 1 aliphatic heterocycles. The Morgan fingerprint density at radius 3 is 2.64 bits per heavy atom. The fourth-order valence-electron chi connectivity index (χ4n) is 2.88. The second-order valence-electron chi connectivity index (χ2n) is 5.76. The second-order valence-corrected chi connectivity index (χ2v) is 5.76. The standard InChI is InChI=1S/C17H23N5/c1-21-13-15(16(20-21)14-8-4-2-5-9-14)12-19-17(18)22-10-6-3-7-11-22/h2,4-5,8-9,13H,3,6-7,10-12H2,1H3,(H2,18,19). The minimum absolute atomic E-state index is 0.570. The highest BCUT2D eigenvalue weighted by Crippen LogP contribution is 2.22. The molecule has 0 amide bonds. The first kappa shape index (κ1) is 14.6. The molecule has 2 aromatic rings. The zero-order valence-corrected chi connectivity index (χ0v) is 13.1. The smallest absolute Gasteiger partial charge is 0.191 e. The summed E-state index contributed by atoms with van der Waals surface area (Å²) in [6.45, 7) is 2.61. The summed E-state index contributed by atoms with van der Waals surface area (Å²) >= 11 is 0. The van der Waals surface area contributed by atoms with Gasteiger partial charge in [-0.05, 0) is 19.3 Å². The van der Waals surface area contributed by atoms with E-state index in [1.165, 1.54) is 19.3 Å². The lowest BCUT2D eigenvalue weighted by Crippen LogP contribution is -2.40. The number of guanidine groups is 1. The Kier molecular flexibility index (Phi) is 4.42. The molecule has 1 aromatic carbocycles. The van der Waals surface area contributed by atoms with Crippen LogP contribution in [0.1, 0.15) is 24.8 Å². The molecule has 3 rings (SSSR count). The average molecular weight is 297 g/mol. The van der Waals surface area contributed by atoms with E-state index in [1.807, 2.05) is 36.1 Å². The number of aliphatic imine (C=N–C) groups is 1. The monoisotopic (exact) mass is 297 g/mol. The van der Waals surface area contributed by atoms with Crippen LogP contribution in [0, 0.1) is 0 Å². The summed E-state index contributed by atoms with van der Waals surface area (Å²) in [5.41, 5.74) is 9.35. The molecule has 0 radical (unpaired) electrons. The van der Waals surface area contributed by atoms with Crippen LogP contribution in [-0.2, 0) is 13.6 Å². The number of piperidine rings is 1. The maximum atomic E-state index is 6.14. The maximum absolute atomic E-state index is 6.14. The molecule has 0 bridgehead atoms. The molecular formula is C17H23N5. The van der Waals surface area contributed by atoms with Gasteiger partial charge in [-0.2, -0.15) is 5.10 Å². The Bertz CT molecular complexity index is 638. The van der Waals surface area contributed by atoms with Crippen LogP contribution >= 0.6 is 0 Å². The Morgan fingerprint density at radius 1 is 1.18 bits per heavy atom. The third-order valence-electron chi connectivity index (χ3n) is 4.04. The number of likely N-dealkylation sites (tertiary alicyclic amines) is 1. The van der Waals surface area contributed by atoms with Gasteiger partial charge in [0.25, 0.3) is 0 Å². The first-order valence-electron chi connectivity index (χ1n) is 7.87. The van der Waals surface area contributed by atoms with Gasteiger partial charge in [0.1, 0.15) is 0 Å². The van der Waals surface area contributed by atoms with Gasteiger partial charge in [0.15, 0.2) is 5.96 Å². The molecule has 1 aromatic heterocycles. The fraction of sp³-hybridized carbons (Fsp3) is 0.412. The van der Waals surface area contributed by atoms with Crippen molar-refractivity contribution in [3.63, 3.8) is 0 Å². The summed E-state index contributed by atoms with van der Waals surface area (Å²) < 4.78 is 1.84. The van der Waals surface area contributed by atoms with Crippen LogP contribution in [0.4, 0.5) is 0 Å². The average Bonchev–Trinajstić information content (AvgIpc) is 2.95. The molecule has 0 saturated carbocycles. The summed E-state index contributed by atoms with van der Waals surface area (Å²) in [7, 11) is 1.94. The third kappa shape index (κ3) is 3.30. The zero-order chi connectivity index (χ0) is 15.4. The highest BCUT2D eigenvalue weighted by Gasteiger charge is 2.13. The Morgan fingerprint density at radius 2 is 1.91 bits per heavy atom. The number of aryl methyl sites for hydroxylation is 1. The van der Waals surface area contributed by atoms with Crippen molar-refractivity contribution in [3.05, 3.63) is 42.1 Å². The maximum Gasteiger partial charge on any atom is 0.191 e. The quantitative estimate of drug-likeness (QED) is 0.699. The number of rotatable bonds is 3. The molecule has 0 aliphatic carbocycles. The minimum atomic E-state index is 0.570. The molecule has 0 atom stereocenters. The summed E-state index contributed by atoms with van der Waals surface area (Å²) in [5, 5.41) is 4.56. The summed E-state index contributed by atoms with van der Waals surface area (Å²) in [4.78, 5) is 6.77. The number of hydrogen-bond donors (Lipinski definition) is 1. The van der Waals surface area contributed by atoms with E-state index in [2.05, 4.69) is 27.1 Å². The van der Waals surface area contributed by atoms with Crippen LogP contribution in [0.5, 0.6) is 0 Å². The van der Waals surface area contributed by atoms with Crippen molar-refractivity contribution < 1.29 is 0 Å². The molecule has 2 heterocycles. The molecule has 0 spiro atoms. The van der Waals surface area contributed by atoms with E-state index in [4.69, 9.17) is 5.73 Å². The second kappa shape index (κ2) is 6.64. The van der Waals surface area contributed by atoms with E-state index in [1.54, 1.807) is 0 Å². The minimum Gasteiger partial charge on any atom is -0.370 e. The number of benzene rings is 1. The summed E-state index contributed by atoms with van der Waals surface area (Å²) in [6.07, 6.45) is 5.73. The number of nitrogens with zero attached hydrogens (tertiary/aromatic N) is 4. The van der Waals surface area contributed by atoms with Crippen LogP contribution < -0.4 is 5.73 Å². The normalized spacial score (nSPS) is 16.0. The number of hydrogen-bond acceptors (Lipinski definition) is 2. The van der Waals surface area contributed by atoms with E-state index in [0.29, 0.717) is 12.5 Å². The highest BCUT2D eigenvalue weighted by atomic mass is 15.3. The molecule has 116 valence electrons. The van der Waals surface area contributed by atoms with E-state index in [9.17, 15) is 0 Å². The van der Waals surface area contributed by atoms with Crippen molar-refractivity contribution in [1.82, 2.24) is 14.7 Å². The lowest BCUT2D eigenvalue weighted by Gasteiger charge is -2.27. The summed E-state index contributed by atoms with van der Waals surface area (Å²) in [6, 6.07) is 10.2. The molecule has 5 nitrogen and oxygen atoms in total. The van der Waals surface area contributed by atoms with Gasteiger partial charge in [-0.3, -0.25) is 4.68 Å². The van der Waals surface area contributed by atoms with Gasteiger partial charge in [-0.1, -0.05) is 30.3 Å². The first-order chi connectivity index (χ1) is 10.7. The molecule has 2 N–H and O–H groups in total. The van der Waals surface area contributed by atoms with Crippen LogP contribution in [0.3, 0.4) is 0 Å². The van der Waals surface area contributed by atoms with Crippen LogP contribution in [0.25, 0.3) is 11.3 Å². The van der Waals surface area contributed by atoms with E-state index < -0.39 is 0 Å². The third-order valence-corrected chi connectivity index (χ3v) is 4.04.